The summed E-state index contributed by atoms with van der Waals surface area (Å²) in [6.07, 6.45) is 1.07. The SMILES string of the molecule is CC(C)c1ccccc1NC(=O)C1CCN(S(=O)(=O)Cc2ccc(Br)cc2)CC1. The number of carbonyl (C=O) groups excluding carboxylic acids is 1. The van der Waals surface area contributed by atoms with Crippen molar-refractivity contribution >= 4 is 37.5 Å². The zero-order chi connectivity index (χ0) is 21.0. The summed E-state index contributed by atoms with van der Waals surface area (Å²) in [7, 11) is -3.39. The molecule has 0 spiro atoms. The smallest absolute Gasteiger partial charge is 0.227 e. The van der Waals surface area contributed by atoms with Gasteiger partial charge >= 0.3 is 0 Å². The average Bonchev–Trinajstić information content (AvgIpc) is 2.70. The summed E-state index contributed by atoms with van der Waals surface area (Å²) in [5.41, 5.74) is 2.71. The summed E-state index contributed by atoms with van der Waals surface area (Å²) in [4.78, 5) is 12.7. The van der Waals surface area contributed by atoms with E-state index in [1.165, 1.54) is 4.31 Å². The van der Waals surface area contributed by atoms with Gasteiger partial charge in [-0.2, -0.15) is 0 Å². The van der Waals surface area contributed by atoms with E-state index in [2.05, 4.69) is 35.1 Å². The lowest BCUT2D eigenvalue weighted by molar-refractivity contribution is -0.120. The Hall–Kier alpha value is -1.70. The van der Waals surface area contributed by atoms with Gasteiger partial charge in [0.25, 0.3) is 0 Å². The summed E-state index contributed by atoms with van der Waals surface area (Å²) in [5, 5.41) is 3.05. The Morgan fingerprint density at radius 2 is 1.72 bits per heavy atom. The molecule has 0 atom stereocenters. The first-order chi connectivity index (χ1) is 13.8. The molecule has 0 aliphatic carbocycles. The van der Waals surface area contributed by atoms with Gasteiger partial charge < -0.3 is 5.32 Å². The molecule has 0 radical (unpaired) electrons. The minimum Gasteiger partial charge on any atom is -0.326 e. The first kappa shape index (κ1) is 22.0. The van der Waals surface area contributed by atoms with E-state index in [1.807, 2.05) is 48.5 Å². The van der Waals surface area contributed by atoms with E-state index in [9.17, 15) is 13.2 Å². The summed E-state index contributed by atoms with van der Waals surface area (Å²) in [6.45, 7) is 4.95. The van der Waals surface area contributed by atoms with Gasteiger partial charge in [0.2, 0.25) is 15.9 Å². The van der Waals surface area contributed by atoms with Crippen molar-refractivity contribution in [2.75, 3.05) is 18.4 Å². The van der Waals surface area contributed by atoms with Gasteiger partial charge in [-0.05, 0) is 48.1 Å². The van der Waals surface area contributed by atoms with Crippen molar-refractivity contribution in [1.82, 2.24) is 4.31 Å². The number of carbonyl (C=O) groups is 1. The van der Waals surface area contributed by atoms with Crippen molar-refractivity contribution in [3.63, 3.8) is 0 Å². The molecular formula is C22H27BrN2O3S. The number of halogens is 1. The number of nitrogens with one attached hydrogen (secondary N) is 1. The third-order valence-electron chi connectivity index (χ3n) is 5.32. The summed E-state index contributed by atoms with van der Waals surface area (Å²) in [5.74, 6) is 0.105. The Balaban J connectivity index is 1.58. The lowest BCUT2D eigenvalue weighted by Gasteiger charge is -2.30. The summed E-state index contributed by atoms with van der Waals surface area (Å²) in [6, 6.07) is 15.1. The van der Waals surface area contributed by atoms with Crippen LogP contribution >= 0.6 is 15.9 Å². The normalized spacial score (nSPS) is 16.1. The molecule has 1 N–H and O–H groups in total. The van der Waals surface area contributed by atoms with Gasteiger partial charge in [-0.3, -0.25) is 4.79 Å². The van der Waals surface area contributed by atoms with E-state index in [0.29, 0.717) is 31.8 Å². The molecular weight excluding hydrogens is 452 g/mol. The monoisotopic (exact) mass is 478 g/mol. The van der Waals surface area contributed by atoms with E-state index in [0.717, 1.165) is 21.3 Å². The van der Waals surface area contributed by atoms with Crippen LogP contribution in [0, 0.1) is 5.92 Å². The molecule has 0 unspecified atom stereocenters. The number of sulfonamides is 1. The molecule has 156 valence electrons. The molecule has 0 bridgehead atoms. The number of rotatable bonds is 6. The highest BCUT2D eigenvalue weighted by Gasteiger charge is 2.31. The molecule has 1 aliphatic rings. The minimum absolute atomic E-state index is 0.0150. The lowest BCUT2D eigenvalue weighted by atomic mass is 9.96. The van der Waals surface area contributed by atoms with Crippen LogP contribution in [-0.4, -0.2) is 31.7 Å². The highest BCUT2D eigenvalue weighted by atomic mass is 79.9. The number of anilines is 1. The molecule has 0 aromatic heterocycles. The van der Waals surface area contributed by atoms with Crippen LogP contribution in [0.3, 0.4) is 0 Å². The van der Waals surface area contributed by atoms with Crippen molar-refractivity contribution in [3.8, 4) is 0 Å². The van der Waals surface area contributed by atoms with Gasteiger partial charge in [0.05, 0.1) is 5.75 Å². The molecule has 3 rings (SSSR count). The van der Waals surface area contributed by atoms with Gasteiger partial charge in [0.1, 0.15) is 0 Å². The van der Waals surface area contributed by atoms with Crippen LogP contribution in [-0.2, 0) is 20.6 Å². The Bertz CT molecular complexity index is 950. The van der Waals surface area contributed by atoms with Crippen LogP contribution in [0.15, 0.2) is 53.0 Å². The van der Waals surface area contributed by atoms with Crippen molar-refractivity contribution in [2.24, 2.45) is 5.92 Å². The number of hydrogen-bond acceptors (Lipinski definition) is 3. The lowest BCUT2D eigenvalue weighted by Crippen LogP contribution is -2.41. The maximum atomic E-state index is 12.7. The van der Waals surface area contributed by atoms with E-state index < -0.39 is 10.0 Å². The second-order valence-electron chi connectivity index (χ2n) is 7.79. The Morgan fingerprint density at radius 3 is 2.34 bits per heavy atom. The maximum absolute atomic E-state index is 12.7. The van der Waals surface area contributed by atoms with Crippen molar-refractivity contribution in [2.45, 2.75) is 38.4 Å². The quantitative estimate of drug-likeness (QED) is 0.650. The highest BCUT2D eigenvalue weighted by molar-refractivity contribution is 9.10. The molecule has 0 saturated carbocycles. The van der Waals surface area contributed by atoms with Crippen LogP contribution in [0.1, 0.15) is 43.7 Å². The molecule has 2 aromatic rings. The number of benzene rings is 2. The molecule has 1 fully saturated rings. The van der Waals surface area contributed by atoms with E-state index in [1.54, 1.807) is 0 Å². The molecule has 1 aliphatic heterocycles. The summed E-state index contributed by atoms with van der Waals surface area (Å²) < 4.78 is 27.9. The standard InChI is InChI=1S/C22H27BrN2O3S/c1-16(2)20-5-3-4-6-21(20)24-22(26)18-11-13-25(14-12-18)29(27,28)15-17-7-9-19(23)10-8-17/h3-10,16,18H,11-15H2,1-2H3,(H,24,26). The Kier molecular flexibility index (Phi) is 7.14. The first-order valence-electron chi connectivity index (χ1n) is 9.88. The van der Waals surface area contributed by atoms with Crippen LogP contribution in [0.5, 0.6) is 0 Å². The molecule has 1 saturated heterocycles. The minimum atomic E-state index is -3.39. The molecule has 5 nitrogen and oxygen atoms in total. The van der Waals surface area contributed by atoms with Gasteiger partial charge in [0, 0.05) is 29.2 Å². The van der Waals surface area contributed by atoms with Crippen molar-refractivity contribution in [3.05, 3.63) is 64.1 Å². The van der Waals surface area contributed by atoms with E-state index >= 15 is 0 Å². The molecule has 1 heterocycles. The van der Waals surface area contributed by atoms with Crippen LogP contribution in [0.25, 0.3) is 0 Å². The van der Waals surface area contributed by atoms with E-state index in [4.69, 9.17) is 0 Å². The largest absolute Gasteiger partial charge is 0.326 e. The predicted octanol–water partition coefficient (Wildman–Crippen LogP) is 4.75. The van der Waals surface area contributed by atoms with Gasteiger partial charge in [-0.1, -0.05) is 60.1 Å². The third-order valence-corrected chi connectivity index (χ3v) is 7.70. The Labute approximate surface area is 181 Å². The van der Waals surface area contributed by atoms with Gasteiger partial charge in [-0.15, -0.1) is 0 Å². The highest BCUT2D eigenvalue weighted by Crippen LogP contribution is 2.27. The van der Waals surface area contributed by atoms with Crippen LogP contribution < -0.4 is 5.32 Å². The van der Waals surface area contributed by atoms with Crippen LogP contribution in [0.2, 0.25) is 0 Å². The molecule has 29 heavy (non-hydrogen) atoms. The van der Waals surface area contributed by atoms with Crippen LogP contribution in [0.4, 0.5) is 5.69 Å². The average molecular weight is 479 g/mol. The number of piperidine rings is 1. The molecule has 7 heteroatoms. The molecule has 1 amide bonds. The number of nitrogens with zero attached hydrogens (tertiary/aromatic N) is 1. The number of hydrogen-bond donors (Lipinski definition) is 1. The zero-order valence-corrected chi connectivity index (χ0v) is 19.2. The van der Waals surface area contributed by atoms with Gasteiger partial charge in [-0.25, -0.2) is 12.7 Å². The Morgan fingerprint density at radius 1 is 1.10 bits per heavy atom. The number of amides is 1. The first-order valence-corrected chi connectivity index (χ1v) is 12.3. The van der Waals surface area contributed by atoms with Gasteiger partial charge in [0.15, 0.2) is 0 Å². The fourth-order valence-electron chi connectivity index (χ4n) is 3.63. The second kappa shape index (κ2) is 9.41. The fourth-order valence-corrected chi connectivity index (χ4v) is 5.46. The summed E-state index contributed by atoms with van der Waals surface area (Å²) >= 11 is 3.36. The third kappa shape index (κ3) is 5.68. The zero-order valence-electron chi connectivity index (χ0n) is 16.8. The number of para-hydroxylation sites is 1. The van der Waals surface area contributed by atoms with E-state index in [-0.39, 0.29) is 17.6 Å². The fraction of sp³-hybridized carbons (Fsp3) is 0.409. The van der Waals surface area contributed by atoms with Crippen molar-refractivity contribution in [1.29, 1.82) is 0 Å². The maximum Gasteiger partial charge on any atom is 0.227 e. The predicted molar refractivity (Wildman–Crippen MR) is 120 cm³/mol. The second-order valence-corrected chi connectivity index (χ2v) is 10.7. The molecule has 2 aromatic carbocycles. The topological polar surface area (TPSA) is 66.5 Å². The van der Waals surface area contributed by atoms with Crippen molar-refractivity contribution < 1.29 is 13.2 Å².